The van der Waals surface area contributed by atoms with Crippen molar-refractivity contribution in [2.24, 2.45) is 28.2 Å². The van der Waals surface area contributed by atoms with Crippen LogP contribution < -0.4 is 0 Å². The van der Waals surface area contributed by atoms with Gasteiger partial charge in [-0.15, -0.1) is 0 Å². The van der Waals surface area contributed by atoms with Crippen LogP contribution in [0.2, 0.25) is 0 Å². The molecule has 4 atom stereocenters. The number of nitrogens with zero attached hydrogens (tertiary/aromatic N) is 1. The minimum absolute atomic E-state index is 0.324. The molecule has 4 saturated carbocycles. The average molecular weight is 283 g/mol. The van der Waals surface area contributed by atoms with Crippen molar-refractivity contribution in [2.45, 2.75) is 44.9 Å². The Morgan fingerprint density at radius 3 is 2.29 bits per heavy atom. The number of hydrogen-bond acceptors (Lipinski definition) is 2. The second-order valence-corrected chi connectivity index (χ2v) is 7.82. The molecule has 4 aliphatic rings. The van der Waals surface area contributed by atoms with Crippen LogP contribution >= 0.6 is 0 Å². The van der Waals surface area contributed by atoms with Gasteiger partial charge < -0.3 is 5.11 Å². The molecule has 4 aliphatic carbocycles. The Hall–Kier alpha value is -1.31. The Morgan fingerprint density at radius 1 is 1.00 bits per heavy atom. The van der Waals surface area contributed by atoms with Gasteiger partial charge in [-0.2, -0.15) is 0 Å². The van der Waals surface area contributed by atoms with Gasteiger partial charge >= 0.3 is 0 Å². The van der Waals surface area contributed by atoms with E-state index in [0.717, 1.165) is 29.9 Å². The fourth-order valence-electron chi connectivity index (χ4n) is 5.47. The van der Waals surface area contributed by atoms with Crippen LogP contribution in [-0.2, 0) is 0 Å². The highest BCUT2D eigenvalue weighted by Crippen LogP contribution is 2.57. The minimum Gasteiger partial charge on any atom is -0.508 e. The van der Waals surface area contributed by atoms with Crippen molar-refractivity contribution in [2.75, 3.05) is 6.54 Å². The molecule has 0 radical (unpaired) electrons. The Morgan fingerprint density at radius 2 is 1.62 bits per heavy atom. The zero-order valence-electron chi connectivity index (χ0n) is 12.7. The SMILES string of the molecule is Oc1ccc(C=NCC23CC4C[C@@H](CC[C@@H](C4)C2)C3)cc1. The maximum absolute atomic E-state index is 9.32. The van der Waals surface area contributed by atoms with Gasteiger partial charge in [0.25, 0.3) is 0 Å². The first kappa shape index (κ1) is 13.4. The molecule has 5 rings (SSSR count). The molecule has 0 saturated heterocycles. The summed E-state index contributed by atoms with van der Waals surface area (Å²) in [6.07, 6.45) is 12.2. The van der Waals surface area contributed by atoms with Crippen LogP contribution in [0.5, 0.6) is 5.75 Å². The number of aliphatic imine (C=N–C) groups is 1. The van der Waals surface area contributed by atoms with Gasteiger partial charge in [-0.1, -0.05) is 12.8 Å². The van der Waals surface area contributed by atoms with Gasteiger partial charge in [0, 0.05) is 12.8 Å². The number of fused-ring (bicyclic) bond motifs is 1. The molecule has 4 fully saturated rings. The summed E-state index contributed by atoms with van der Waals surface area (Å²) in [5, 5.41) is 9.32. The fraction of sp³-hybridized carbons (Fsp3) is 0.632. The van der Waals surface area contributed by atoms with Crippen LogP contribution in [0, 0.1) is 23.2 Å². The van der Waals surface area contributed by atoms with Crippen LogP contribution in [0.3, 0.4) is 0 Å². The highest BCUT2D eigenvalue weighted by atomic mass is 16.3. The quantitative estimate of drug-likeness (QED) is 0.818. The fourth-order valence-corrected chi connectivity index (χ4v) is 5.47. The maximum atomic E-state index is 9.32. The summed E-state index contributed by atoms with van der Waals surface area (Å²) in [6.45, 7) is 1.01. The number of phenolic OH excluding ortho intramolecular Hbond substituents is 1. The number of phenols is 1. The standard InChI is InChI=1S/C19H25NO/c21-18-5-3-14(4-6-18)12-20-13-19-9-15-1-2-16(10-19)8-17(7-15)11-19/h3-6,12,15-17,21H,1-2,7-11,13H2/t15-,16+,17?,19?. The lowest BCUT2D eigenvalue weighted by molar-refractivity contribution is 0.0428. The van der Waals surface area contributed by atoms with E-state index in [4.69, 9.17) is 4.99 Å². The first-order chi connectivity index (χ1) is 10.2. The molecular formula is C19H25NO. The summed E-state index contributed by atoms with van der Waals surface area (Å²) in [5.41, 5.74) is 1.61. The van der Waals surface area contributed by atoms with Gasteiger partial charge in [0.1, 0.15) is 5.75 Å². The van der Waals surface area contributed by atoms with E-state index < -0.39 is 0 Å². The predicted molar refractivity (Wildman–Crippen MR) is 85.8 cm³/mol. The molecule has 0 aromatic heterocycles. The summed E-state index contributed by atoms with van der Waals surface area (Å²) in [7, 11) is 0. The zero-order valence-corrected chi connectivity index (χ0v) is 12.7. The molecule has 112 valence electrons. The van der Waals surface area contributed by atoms with E-state index >= 15 is 0 Å². The monoisotopic (exact) mass is 283 g/mol. The molecule has 0 aliphatic heterocycles. The number of hydrogen-bond donors (Lipinski definition) is 1. The Bertz CT molecular complexity index is 517. The first-order valence-electron chi connectivity index (χ1n) is 8.50. The van der Waals surface area contributed by atoms with Gasteiger partial charge in [0.2, 0.25) is 0 Å². The number of rotatable bonds is 3. The van der Waals surface area contributed by atoms with Crippen molar-refractivity contribution < 1.29 is 5.11 Å². The van der Waals surface area contributed by atoms with Crippen LogP contribution in [-0.4, -0.2) is 17.9 Å². The van der Waals surface area contributed by atoms with Crippen molar-refractivity contribution in [1.29, 1.82) is 0 Å². The lowest BCUT2D eigenvalue weighted by atomic mass is 9.58. The van der Waals surface area contributed by atoms with Gasteiger partial charge in [-0.05, 0) is 85.1 Å². The Balaban J connectivity index is 1.47. The van der Waals surface area contributed by atoms with Crippen LogP contribution in [0.1, 0.15) is 50.5 Å². The Kier molecular flexibility index (Phi) is 3.28. The largest absolute Gasteiger partial charge is 0.508 e. The van der Waals surface area contributed by atoms with E-state index in [1.165, 1.54) is 44.9 Å². The molecule has 1 N–H and O–H groups in total. The van der Waals surface area contributed by atoms with Gasteiger partial charge in [-0.3, -0.25) is 4.99 Å². The molecule has 1 aromatic carbocycles. The third-order valence-corrected chi connectivity index (χ3v) is 6.04. The zero-order chi connectivity index (χ0) is 14.3. The molecular weight excluding hydrogens is 258 g/mol. The third-order valence-electron chi connectivity index (χ3n) is 6.04. The topological polar surface area (TPSA) is 32.6 Å². The van der Waals surface area contributed by atoms with Crippen molar-refractivity contribution in [3.05, 3.63) is 29.8 Å². The summed E-state index contributed by atoms with van der Waals surface area (Å²) >= 11 is 0. The maximum Gasteiger partial charge on any atom is 0.115 e. The molecule has 4 bridgehead atoms. The summed E-state index contributed by atoms with van der Waals surface area (Å²) in [6, 6.07) is 7.34. The van der Waals surface area contributed by atoms with Crippen LogP contribution in [0.25, 0.3) is 0 Å². The van der Waals surface area contributed by atoms with E-state index in [1.54, 1.807) is 12.1 Å². The third kappa shape index (κ3) is 2.73. The van der Waals surface area contributed by atoms with E-state index in [9.17, 15) is 5.11 Å². The molecule has 0 heterocycles. The van der Waals surface area contributed by atoms with Gasteiger partial charge in [0.05, 0.1) is 0 Å². The second-order valence-electron chi connectivity index (χ2n) is 7.82. The van der Waals surface area contributed by atoms with Gasteiger partial charge in [-0.25, -0.2) is 0 Å². The normalized spacial score (nSPS) is 38.0. The minimum atomic E-state index is 0.324. The summed E-state index contributed by atoms with van der Waals surface area (Å²) in [4.78, 5) is 4.80. The lowest BCUT2D eigenvalue weighted by Crippen LogP contribution is -2.39. The van der Waals surface area contributed by atoms with Crippen molar-refractivity contribution >= 4 is 6.21 Å². The predicted octanol–water partition coefficient (Wildman–Crippen LogP) is 4.42. The molecule has 2 heteroatoms. The first-order valence-corrected chi connectivity index (χ1v) is 8.50. The summed E-state index contributed by atoms with van der Waals surface area (Å²) < 4.78 is 0. The van der Waals surface area contributed by atoms with E-state index in [-0.39, 0.29) is 0 Å². The molecule has 21 heavy (non-hydrogen) atoms. The average Bonchev–Trinajstić information content (AvgIpc) is 2.67. The summed E-state index contributed by atoms with van der Waals surface area (Å²) in [5.74, 6) is 3.29. The van der Waals surface area contributed by atoms with Crippen LogP contribution in [0.15, 0.2) is 29.3 Å². The molecule has 2 nitrogen and oxygen atoms in total. The number of benzene rings is 1. The van der Waals surface area contributed by atoms with Gasteiger partial charge in [0.15, 0.2) is 0 Å². The molecule has 0 amide bonds. The second kappa shape index (κ2) is 5.15. The number of aromatic hydroxyl groups is 1. The molecule has 0 spiro atoms. The highest BCUT2D eigenvalue weighted by molar-refractivity contribution is 5.79. The smallest absolute Gasteiger partial charge is 0.115 e. The Labute approximate surface area is 127 Å². The van der Waals surface area contributed by atoms with Crippen LogP contribution in [0.4, 0.5) is 0 Å². The highest BCUT2D eigenvalue weighted by Gasteiger charge is 2.48. The van der Waals surface area contributed by atoms with E-state index in [2.05, 4.69) is 0 Å². The molecule has 2 unspecified atom stereocenters. The van der Waals surface area contributed by atoms with Crippen molar-refractivity contribution in [1.82, 2.24) is 0 Å². The van der Waals surface area contributed by atoms with Crippen molar-refractivity contribution in [3.8, 4) is 5.75 Å². The van der Waals surface area contributed by atoms with Crippen molar-refractivity contribution in [3.63, 3.8) is 0 Å². The lowest BCUT2D eigenvalue weighted by Gasteiger charge is -2.47. The van der Waals surface area contributed by atoms with E-state index in [0.29, 0.717) is 11.2 Å². The van der Waals surface area contributed by atoms with E-state index in [1.807, 2.05) is 18.3 Å². The molecule has 1 aromatic rings.